The molecular weight excluding hydrogens is 441 g/mol. The first-order chi connectivity index (χ1) is 13.7. The summed E-state index contributed by atoms with van der Waals surface area (Å²) in [5.74, 6) is -1.16. The topological polar surface area (TPSA) is 84.1 Å². The van der Waals surface area contributed by atoms with Gasteiger partial charge in [0.25, 0.3) is 5.91 Å². The molecule has 0 aliphatic heterocycles. The van der Waals surface area contributed by atoms with Crippen molar-refractivity contribution >= 4 is 33.5 Å². The normalized spacial score (nSPS) is 11.8. The maximum atomic E-state index is 13.8. The van der Waals surface area contributed by atoms with Crippen molar-refractivity contribution in [2.24, 2.45) is 0 Å². The zero-order valence-corrected chi connectivity index (χ0v) is 17.6. The summed E-state index contributed by atoms with van der Waals surface area (Å²) in [5, 5.41) is 2.41. The number of aromatic nitrogens is 2. The van der Waals surface area contributed by atoms with E-state index in [1.165, 1.54) is 19.1 Å². The molecule has 1 unspecified atom stereocenters. The van der Waals surface area contributed by atoms with Crippen LogP contribution in [0.5, 0.6) is 0 Å². The molecule has 0 radical (unpaired) electrons. The van der Waals surface area contributed by atoms with Gasteiger partial charge in [0, 0.05) is 15.7 Å². The third-order valence-corrected chi connectivity index (χ3v) is 4.86. The molecule has 0 aliphatic rings. The fourth-order valence-electron chi connectivity index (χ4n) is 2.56. The van der Waals surface area contributed by atoms with Gasteiger partial charge < -0.3 is 15.0 Å². The highest BCUT2D eigenvalue weighted by atomic mass is 79.9. The highest BCUT2D eigenvalue weighted by molar-refractivity contribution is 9.10. The molecule has 6 nitrogen and oxygen atoms in total. The van der Waals surface area contributed by atoms with Crippen LogP contribution in [0.15, 0.2) is 46.9 Å². The van der Waals surface area contributed by atoms with Crippen molar-refractivity contribution in [1.29, 1.82) is 0 Å². The van der Waals surface area contributed by atoms with Crippen LogP contribution in [-0.2, 0) is 9.53 Å². The number of carbonyl (C=O) groups excluding carboxylic acids is 2. The Kier molecular flexibility index (Phi) is 6.12. The first-order valence-corrected chi connectivity index (χ1v) is 9.64. The van der Waals surface area contributed by atoms with E-state index in [0.29, 0.717) is 15.9 Å². The lowest BCUT2D eigenvalue weighted by Gasteiger charge is -2.14. The maximum Gasteiger partial charge on any atom is 0.338 e. The number of imidazole rings is 1. The number of ether oxygens (including phenoxy) is 1. The molecule has 3 rings (SSSR count). The largest absolute Gasteiger partial charge is 0.449 e. The quantitative estimate of drug-likeness (QED) is 0.537. The number of halogens is 2. The first kappa shape index (κ1) is 20.7. The summed E-state index contributed by atoms with van der Waals surface area (Å²) < 4.78 is 19.6. The van der Waals surface area contributed by atoms with Gasteiger partial charge in [-0.3, -0.25) is 4.79 Å². The van der Waals surface area contributed by atoms with E-state index in [2.05, 4.69) is 31.2 Å². The highest BCUT2D eigenvalue weighted by Crippen LogP contribution is 2.21. The fraction of sp³-hybridized carbons (Fsp3) is 0.190. The summed E-state index contributed by atoms with van der Waals surface area (Å²) in [6, 6.07) is 10.9. The van der Waals surface area contributed by atoms with Gasteiger partial charge in [-0.25, -0.2) is 14.2 Å². The summed E-state index contributed by atoms with van der Waals surface area (Å²) in [5.41, 5.74) is 3.02. The lowest BCUT2D eigenvalue weighted by Crippen LogP contribution is -2.30. The van der Waals surface area contributed by atoms with Gasteiger partial charge in [0.1, 0.15) is 11.6 Å². The van der Waals surface area contributed by atoms with Crippen molar-refractivity contribution in [3.63, 3.8) is 0 Å². The average molecular weight is 460 g/mol. The molecule has 0 saturated heterocycles. The average Bonchev–Trinajstić information content (AvgIpc) is 3.02. The minimum Gasteiger partial charge on any atom is -0.449 e. The Balaban J connectivity index is 1.63. The molecule has 2 aromatic carbocycles. The maximum absolute atomic E-state index is 13.8. The van der Waals surface area contributed by atoms with Crippen molar-refractivity contribution in [2.45, 2.75) is 26.9 Å². The Hall–Kier alpha value is -3.00. The van der Waals surface area contributed by atoms with Crippen molar-refractivity contribution in [1.82, 2.24) is 9.97 Å². The predicted molar refractivity (Wildman–Crippen MR) is 111 cm³/mol. The van der Waals surface area contributed by atoms with E-state index in [4.69, 9.17) is 4.74 Å². The molecule has 0 spiro atoms. The second-order valence-electron chi connectivity index (χ2n) is 6.53. The molecule has 0 fully saturated rings. The van der Waals surface area contributed by atoms with Crippen molar-refractivity contribution < 1.29 is 18.7 Å². The molecule has 0 saturated carbocycles. The molecule has 1 aromatic heterocycles. The first-order valence-electron chi connectivity index (χ1n) is 8.85. The molecule has 2 N–H and O–H groups in total. The van der Waals surface area contributed by atoms with Gasteiger partial charge in [0.2, 0.25) is 0 Å². The van der Waals surface area contributed by atoms with Gasteiger partial charge in [-0.1, -0.05) is 28.1 Å². The van der Waals surface area contributed by atoms with Crippen LogP contribution in [0.4, 0.5) is 10.1 Å². The second kappa shape index (κ2) is 8.57. The van der Waals surface area contributed by atoms with E-state index in [9.17, 15) is 14.0 Å². The summed E-state index contributed by atoms with van der Waals surface area (Å²) in [7, 11) is 0. The van der Waals surface area contributed by atoms with Crippen LogP contribution in [0.25, 0.3) is 11.4 Å². The lowest BCUT2D eigenvalue weighted by molar-refractivity contribution is -0.123. The molecule has 1 heterocycles. The Bertz CT molecular complexity index is 1040. The Labute approximate surface area is 175 Å². The summed E-state index contributed by atoms with van der Waals surface area (Å²) in [4.78, 5) is 32.1. The molecule has 0 bridgehead atoms. The van der Waals surface area contributed by atoms with Gasteiger partial charge in [-0.2, -0.15) is 0 Å². The monoisotopic (exact) mass is 459 g/mol. The summed E-state index contributed by atoms with van der Waals surface area (Å²) in [6.45, 7) is 5.27. The minimum atomic E-state index is -1.10. The van der Waals surface area contributed by atoms with E-state index >= 15 is 0 Å². The molecule has 0 aliphatic carbocycles. The van der Waals surface area contributed by atoms with E-state index in [0.717, 1.165) is 17.0 Å². The number of hydrogen-bond acceptors (Lipinski definition) is 4. The number of amides is 1. The number of H-pyrrole nitrogens is 1. The molecular formula is C21H19BrFN3O3. The number of benzene rings is 2. The SMILES string of the molecule is Cc1nc(-c2ccc(C(=O)OC(C)C(=O)Nc3ccc(Br)cc3F)cc2)[nH]c1C. The smallest absolute Gasteiger partial charge is 0.338 e. The zero-order valence-electron chi connectivity index (χ0n) is 16.0. The van der Waals surface area contributed by atoms with Crippen LogP contribution in [0.3, 0.4) is 0 Å². The number of rotatable bonds is 5. The number of carbonyl (C=O) groups is 2. The molecule has 8 heteroatoms. The van der Waals surface area contributed by atoms with Crippen LogP contribution in [0.2, 0.25) is 0 Å². The minimum absolute atomic E-state index is 0.00878. The van der Waals surface area contributed by atoms with E-state index in [-0.39, 0.29) is 5.69 Å². The highest BCUT2D eigenvalue weighted by Gasteiger charge is 2.20. The molecule has 150 valence electrons. The number of nitrogens with zero attached hydrogens (tertiary/aromatic N) is 1. The van der Waals surface area contributed by atoms with Crippen molar-refractivity contribution in [2.75, 3.05) is 5.32 Å². The molecule has 1 atom stereocenters. The third-order valence-electron chi connectivity index (χ3n) is 4.36. The van der Waals surface area contributed by atoms with Crippen LogP contribution in [0.1, 0.15) is 28.7 Å². The number of hydrogen-bond donors (Lipinski definition) is 2. The third kappa shape index (κ3) is 4.89. The summed E-state index contributed by atoms with van der Waals surface area (Å²) in [6.07, 6.45) is -1.10. The number of aromatic amines is 1. The number of anilines is 1. The predicted octanol–water partition coefficient (Wildman–Crippen LogP) is 4.78. The molecule has 29 heavy (non-hydrogen) atoms. The van der Waals surface area contributed by atoms with Gasteiger partial charge in [0.05, 0.1) is 16.9 Å². The standard InChI is InChI=1S/C21H19BrFN3O3/c1-11-12(2)25-19(24-11)14-4-6-15(7-5-14)21(28)29-13(3)20(27)26-18-9-8-16(22)10-17(18)23/h4-10,13H,1-3H3,(H,24,25)(H,26,27). The van der Waals surface area contributed by atoms with E-state index in [1.807, 2.05) is 13.8 Å². The molecule has 3 aromatic rings. The zero-order chi connectivity index (χ0) is 21.1. The number of aryl methyl sites for hydroxylation is 2. The lowest BCUT2D eigenvalue weighted by atomic mass is 10.1. The van der Waals surface area contributed by atoms with E-state index < -0.39 is 23.8 Å². The van der Waals surface area contributed by atoms with Crippen LogP contribution < -0.4 is 5.32 Å². The Morgan fingerprint density at radius 3 is 2.45 bits per heavy atom. The van der Waals surface area contributed by atoms with Gasteiger partial charge in [-0.15, -0.1) is 0 Å². The number of nitrogens with one attached hydrogen (secondary N) is 2. The van der Waals surface area contributed by atoms with Crippen LogP contribution in [0, 0.1) is 19.7 Å². The Morgan fingerprint density at radius 2 is 1.86 bits per heavy atom. The van der Waals surface area contributed by atoms with E-state index in [1.54, 1.807) is 30.3 Å². The van der Waals surface area contributed by atoms with Gasteiger partial charge in [0.15, 0.2) is 6.10 Å². The van der Waals surface area contributed by atoms with Gasteiger partial charge in [-0.05, 0) is 51.1 Å². The van der Waals surface area contributed by atoms with Crippen LogP contribution in [-0.4, -0.2) is 27.9 Å². The number of esters is 1. The van der Waals surface area contributed by atoms with Crippen LogP contribution >= 0.6 is 15.9 Å². The summed E-state index contributed by atoms with van der Waals surface area (Å²) >= 11 is 3.15. The van der Waals surface area contributed by atoms with Crippen molar-refractivity contribution in [3.05, 3.63) is 69.7 Å². The van der Waals surface area contributed by atoms with Crippen molar-refractivity contribution in [3.8, 4) is 11.4 Å². The second-order valence-corrected chi connectivity index (χ2v) is 7.45. The Morgan fingerprint density at radius 1 is 1.17 bits per heavy atom. The van der Waals surface area contributed by atoms with Gasteiger partial charge >= 0.3 is 5.97 Å². The molecule has 1 amide bonds. The fourth-order valence-corrected chi connectivity index (χ4v) is 2.89.